The minimum absolute atomic E-state index is 0.0438. The predicted molar refractivity (Wildman–Crippen MR) is 103 cm³/mol. The molecule has 1 fully saturated rings. The van der Waals surface area contributed by atoms with Gasteiger partial charge in [0.2, 0.25) is 0 Å². The van der Waals surface area contributed by atoms with E-state index in [0.29, 0.717) is 44.1 Å². The van der Waals surface area contributed by atoms with Crippen LogP contribution in [0, 0.1) is 25.2 Å². The van der Waals surface area contributed by atoms with E-state index < -0.39 is 0 Å². The quantitative estimate of drug-likeness (QED) is 0.787. The monoisotopic (exact) mass is 380 g/mol. The molecule has 4 rings (SSSR count). The summed E-state index contributed by atoms with van der Waals surface area (Å²) in [7, 11) is 0. The molecule has 0 saturated carbocycles. The van der Waals surface area contributed by atoms with Gasteiger partial charge in [-0.2, -0.15) is 10.4 Å². The molecule has 0 N–H and O–H groups in total. The number of morpholine rings is 1. The Morgan fingerprint density at radius 3 is 2.71 bits per heavy atom. The van der Waals surface area contributed by atoms with Crippen molar-refractivity contribution in [1.29, 1.82) is 5.26 Å². The number of carbonyl (C=O) groups excluding carboxylic acids is 1. The first-order chi connectivity index (χ1) is 13.6. The number of amides is 1. The first-order valence-corrected chi connectivity index (χ1v) is 9.64. The van der Waals surface area contributed by atoms with Gasteiger partial charge in [-0.3, -0.25) is 9.48 Å². The summed E-state index contributed by atoms with van der Waals surface area (Å²) >= 11 is 0. The van der Waals surface area contributed by atoms with Gasteiger partial charge in [0, 0.05) is 31.9 Å². The van der Waals surface area contributed by atoms with E-state index in [1.165, 1.54) is 0 Å². The highest BCUT2D eigenvalue weighted by Gasteiger charge is 2.25. The van der Waals surface area contributed by atoms with Crippen LogP contribution in [0.25, 0.3) is 0 Å². The molecule has 2 aromatic heterocycles. The highest BCUT2D eigenvalue weighted by atomic mass is 16.5. The highest BCUT2D eigenvalue weighted by Crippen LogP contribution is 2.26. The number of aromatic nitrogens is 3. The van der Waals surface area contributed by atoms with Crippen LogP contribution in [-0.2, 0) is 17.8 Å². The van der Waals surface area contributed by atoms with Crippen molar-refractivity contribution in [2.75, 3.05) is 37.7 Å². The number of ether oxygens (including phenoxy) is 1. The van der Waals surface area contributed by atoms with Gasteiger partial charge < -0.3 is 14.5 Å². The van der Waals surface area contributed by atoms with Crippen LogP contribution in [0.3, 0.4) is 0 Å². The second-order valence-corrected chi connectivity index (χ2v) is 7.31. The number of hydrogen-bond acceptors (Lipinski definition) is 6. The maximum Gasteiger partial charge on any atom is 0.274 e. The van der Waals surface area contributed by atoms with Gasteiger partial charge in [0.15, 0.2) is 5.69 Å². The minimum atomic E-state index is -0.0438. The molecule has 0 bridgehead atoms. The third kappa shape index (κ3) is 3.45. The molecule has 2 aliphatic rings. The smallest absolute Gasteiger partial charge is 0.274 e. The molecule has 1 amide bonds. The summed E-state index contributed by atoms with van der Waals surface area (Å²) in [6.07, 6.45) is 0.874. The van der Waals surface area contributed by atoms with Crippen LogP contribution < -0.4 is 4.90 Å². The molecule has 0 unspecified atom stereocenters. The third-order valence-electron chi connectivity index (χ3n) is 5.27. The fraction of sp³-hybridized carbons (Fsp3) is 0.500. The molecule has 1 saturated heterocycles. The van der Waals surface area contributed by atoms with E-state index in [4.69, 9.17) is 4.74 Å². The van der Waals surface area contributed by atoms with Crippen LogP contribution in [-0.4, -0.2) is 58.4 Å². The lowest BCUT2D eigenvalue weighted by molar-refractivity contribution is 0.0298. The lowest BCUT2D eigenvalue weighted by Gasteiger charge is -2.26. The van der Waals surface area contributed by atoms with E-state index in [1.54, 1.807) is 4.90 Å². The Balaban J connectivity index is 1.62. The van der Waals surface area contributed by atoms with Gasteiger partial charge in [-0.1, -0.05) is 0 Å². The van der Waals surface area contributed by atoms with E-state index in [2.05, 4.69) is 21.1 Å². The fourth-order valence-electron chi connectivity index (χ4n) is 3.86. The topological polar surface area (TPSA) is 87.3 Å². The Labute approximate surface area is 164 Å². The van der Waals surface area contributed by atoms with Gasteiger partial charge in [-0.05, 0) is 38.0 Å². The molecule has 146 valence electrons. The van der Waals surface area contributed by atoms with Gasteiger partial charge in [-0.15, -0.1) is 0 Å². The SMILES string of the molecule is Cc1cc(C)c(C#N)c(N2CCCn3nc(C(=O)N4CCOCC4)cc3C2)n1. The number of carbonyl (C=O) groups is 1. The summed E-state index contributed by atoms with van der Waals surface area (Å²) in [6.45, 7) is 8.35. The van der Waals surface area contributed by atoms with Crippen LogP contribution in [0.5, 0.6) is 0 Å². The zero-order valence-corrected chi connectivity index (χ0v) is 16.3. The molecule has 0 aliphatic carbocycles. The summed E-state index contributed by atoms with van der Waals surface area (Å²) in [5.74, 6) is 0.674. The first kappa shape index (κ1) is 18.4. The minimum Gasteiger partial charge on any atom is -0.378 e. The van der Waals surface area contributed by atoms with E-state index in [1.807, 2.05) is 30.7 Å². The van der Waals surface area contributed by atoms with Crippen LogP contribution in [0.2, 0.25) is 0 Å². The number of nitrogens with zero attached hydrogens (tertiary/aromatic N) is 6. The van der Waals surface area contributed by atoms with Crippen molar-refractivity contribution in [2.24, 2.45) is 0 Å². The summed E-state index contributed by atoms with van der Waals surface area (Å²) in [5.41, 5.74) is 3.90. The Morgan fingerprint density at radius 1 is 1.18 bits per heavy atom. The van der Waals surface area contributed by atoms with E-state index in [0.717, 1.165) is 42.3 Å². The average Bonchev–Trinajstić information content (AvgIpc) is 2.99. The van der Waals surface area contributed by atoms with Crippen molar-refractivity contribution in [3.8, 4) is 6.07 Å². The number of rotatable bonds is 2. The van der Waals surface area contributed by atoms with Crippen LogP contribution in [0.4, 0.5) is 5.82 Å². The van der Waals surface area contributed by atoms with Crippen molar-refractivity contribution in [1.82, 2.24) is 19.7 Å². The largest absolute Gasteiger partial charge is 0.378 e. The second-order valence-electron chi connectivity index (χ2n) is 7.31. The maximum atomic E-state index is 12.8. The lowest BCUT2D eigenvalue weighted by atomic mass is 10.1. The van der Waals surface area contributed by atoms with Gasteiger partial charge >= 0.3 is 0 Å². The third-order valence-corrected chi connectivity index (χ3v) is 5.27. The first-order valence-electron chi connectivity index (χ1n) is 9.64. The Hall–Kier alpha value is -2.92. The Bertz CT molecular complexity index is 939. The fourth-order valence-corrected chi connectivity index (χ4v) is 3.86. The molecule has 0 aromatic carbocycles. The zero-order chi connectivity index (χ0) is 19.7. The molecule has 0 spiro atoms. The molecule has 0 atom stereocenters. The van der Waals surface area contributed by atoms with Crippen LogP contribution in [0.15, 0.2) is 12.1 Å². The van der Waals surface area contributed by atoms with Crippen molar-refractivity contribution in [2.45, 2.75) is 33.4 Å². The van der Waals surface area contributed by atoms with Crippen LogP contribution in [0.1, 0.15) is 39.4 Å². The summed E-state index contributed by atoms with van der Waals surface area (Å²) in [6, 6.07) is 6.11. The van der Waals surface area contributed by atoms with Crippen molar-refractivity contribution in [3.63, 3.8) is 0 Å². The Morgan fingerprint density at radius 2 is 1.96 bits per heavy atom. The number of fused-ring (bicyclic) bond motifs is 1. The molecular weight excluding hydrogens is 356 g/mol. The normalized spacial score (nSPS) is 17.0. The number of nitriles is 1. The summed E-state index contributed by atoms with van der Waals surface area (Å²) < 4.78 is 7.25. The maximum absolute atomic E-state index is 12.8. The standard InChI is InChI=1S/C20H24N6O2/c1-14-10-15(2)22-19(17(14)12-21)25-4-3-5-26-16(13-25)11-18(23-26)20(27)24-6-8-28-9-7-24/h10-11H,3-9,13H2,1-2H3. The van der Waals surface area contributed by atoms with Crippen LogP contribution >= 0.6 is 0 Å². The van der Waals surface area contributed by atoms with Crippen molar-refractivity contribution < 1.29 is 9.53 Å². The molecule has 4 heterocycles. The van der Waals surface area contributed by atoms with Crippen molar-refractivity contribution >= 4 is 11.7 Å². The predicted octanol–water partition coefficient (Wildman–Crippen LogP) is 1.65. The number of anilines is 1. The van der Waals surface area contributed by atoms with Crippen molar-refractivity contribution in [3.05, 3.63) is 40.3 Å². The highest BCUT2D eigenvalue weighted by molar-refractivity contribution is 5.92. The molecule has 8 heteroatoms. The van der Waals surface area contributed by atoms with Gasteiger partial charge in [-0.25, -0.2) is 4.98 Å². The molecule has 2 aromatic rings. The van der Waals surface area contributed by atoms with E-state index in [9.17, 15) is 10.1 Å². The molecule has 8 nitrogen and oxygen atoms in total. The molecule has 0 radical (unpaired) electrons. The molecule has 28 heavy (non-hydrogen) atoms. The second kappa shape index (κ2) is 7.60. The lowest BCUT2D eigenvalue weighted by Crippen LogP contribution is -2.40. The van der Waals surface area contributed by atoms with Gasteiger partial charge in [0.05, 0.1) is 31.0 Å². The summed E-state index contributed by atoms with van der Waals surface area (Å²) in [4.78, 5) is 21.3. The van der Waals surface area contributed by atoms with Gasteiger partial charge in [0.1, 0.15) is 11.9 Å². The number of aryl methyl sites for hydroxylation is 3. The van der Waals surface area contributed by atoms with E-state index >= 15 is 0 Å². The Kier molecular flexibility index (Phi) is 5.01. The van der Waals surface area contributed by atoms with Gasteiger partial charge in [0.25, 0.3) is 5.91 Å². The molecule has 2 aliphatic heterocycles. The number of hydrogen-bond donors (Lipinski definition) is 0. The average molecular weight is 380 g/mol. The zero-order valence-electron chi connectivity index (χ0n) is 16.3. The van der Waals surface area contributed by atoms with E-state index in [-0.39, 0.29) is 5.91 Å². The molecular formula is C20H24N6O2. The number of pyridine rings is 1. The summed E-state index contributed by atoms with van der Waals surface area (Å²) in [5, 5.41) is 14.2.